The monoisotopic (exact) mass is 199 g/mol. The van der Waals surface area contributed by atoms with E-state index in [0.717, 1.165) is 19.4 Å². The van der Waals surface area contributed by atoms with Crippen LogP contribution in [0.5, 0.6) is 0 Å². The average Bonchev–Trinajstić information content (AvgIpc) is 2.12. The molecule has 0 aromatic carbocycles. The molecule has 2 fully saturated rings. The average molecular weight is 199 g/mol. The Morgan fingerprint density at radius 3 is 2.86 bits per heavy atom. The van der Waals surface area contributed by atoms with E-state index in [1.807, 2.05) is 6.92 Å². The molecule has 14 heavy (non-hydrogen) atoms. The zero-order chi connectivity index (χ0) is 9.97. The second-order valence-corrected chi connectivity index (χ2v) is 4.09. The van der Waals surface area contributed by atoms with Crippen LogP contribution in [0.3, 0.4) is 0 Å². The number of hydrogen-bond donors (Lipinski definition) is 1. The fourth-order valence-corrected chi connectivity index (χ4v) is 1.90. The first kappa shape index (κ1) is 9.93. The van der Waals surface area contributed by atoms with Crippen molar-refractivity contribution in [3.8, 4) is 0 Å². The molecule has 2 saturated heterocycles. The summed E-state index contributed by atoms with van der Waals surface area (Å²) in [5.74, 6) is -0.0256. The van der Waals surface area contributed by atoms with Gasteiger partial charge in [0, 0.05) is 6.04 Å². The standard InChI is InChI=1S/C10H17NO3/c1-7-9(3-2-4-11-7)10(12)14-8-5-13-6-8/h7-9,11H,2-6H2,1H3. The van der Waals surface area contributed by atoms with E-state index in [9.17, 15) is 4.79 Å². The Morgan fingerprint density at radius 2 is 2.29 bits per heavy atom. The van der Waals surface area contributed by atoms with Crippen LogP contribution in [0.2, 0.25) is 0 Å². The third kappa shape index (κ3) is 2.07. The number of piperidine rings is 1. The molecule has 0 aliphatic carbocycles. The fraction of sp³-hybridized carbons (Fsp3) is 0.900. The molecule has 0 saturated carbocycles. The summed E-state index contributed by atoms with van der Waals surface area (Å²) in [4.78, 5) is 11.7. The first-order chi connectivity index (χ1) is 6.77. The van der Waals surface area contributed by atoms with Crippen LogP contribution < -0.4 is 5.32 Å². The van der Waals surface area contributed by atoms with E-state index in [1.54, 1.807) is 0 Å². The highest BCUT2D eigenvalue weighted by Crippen LogP contribution is 2.19. The predicted octanol–water partition coefficient (Wildman–Crippen LogP) is 0.316. The van der Waals surface area contributed by atoms with Crippen molar-refractivity contribution in [2.75, 3.05) is 19.8 Å². The summed E-state index contributed by atoms with van der Waals surface area (Å²) in [6, 6.07) is 0.247. The van der Waals surface area contributed by atoms with Crippen LogP contribution in [0.15, 0.2) is 0 Å². The van der Waals surface area contributed by atoms with E-state index in [-0.39, 0.29) is 24.0 Å². The maximum Gasteiger partial charge on any atom is 0.310 e. The van der Waals surface area contributed by atoms with Crippen LogP contribution in [0, 0.1) is 5.92 Å². The first-order valence-electron chi connectivity index (χ1n) is 5.29. The van der Waals surface area contributed by atoms with Gasteiger partial charge in [-0.25, -0.2) is 0 Å². The van der Waals surface area contributed by atoms with Gasteiger partial charge >= 0.3 is 5.97 Å². The van der Waals surface area contributed by atoms with Gasteiger partial charge in [0.15, 0.2) is 0 Å². The largest absolute Gasteiger partial charge is 0.457 e. The van der Waals surface area contributed by atoms with Gasteiger partial charge in [-0.3, -0.25) is 4.79 Å². The van der Waals surface area contributed by atoms with Gasteiger partial charge in [0.05, 0.1) is 19.1 Å². The zero-order valence-electron chi connectivity index (χ0n) is 8.49. The molecule has 80 valence electrons. The van der Waals surface area contributed by atoms with Gasteiger partial charge in [-0.15, -0.1) is 0 Å². The maximum atomic E-state index is 11.7. The van der Waals surface area contributed by atoms with Gasteiger partial charge in [0.25, 0.3) is 0 Å². The summed E-state index contributed by atoms with van der Waals surface area (Å²) >= 11 is 0. The van der Waals surface area contributed by atoms with E-state index in [2.05, 4.69) is 5.32 Å². The van der Waals surface area contributed by atoms with Crippen LogP contribution in [-0.4, -0.2) is 37.9 Å². The second kappa shape index (κ2) is 4.28. The molecule has 2 rings (SSSR count). The molecule has 0 aromatic heterocycles. The Kier molecular flexibility index (Phi) is 3.03. The minimum atomic E-state index is -0.0574. The lowest BCUT2D eigenvalue weighted by Crippen LogP contribution is -2.46. The summed E-state index contributed by atoms with van der Waals surface area (Å²) in [6.45, 7) is 4.19. The molecule has 0 radical (unpaired) electrons. The topological polar surface area (TPSA) is 47.6 Å². The fourth-order valence-electron chi connectivity index (χ4n) is 1.90. The summed E-state index contributed by atoms with van der Waals surface area (Å²) in [5.41, 5.74) is 0. The van der Waals surface area contributed by atoms with Crippen LogP contribution >= 0.6 is 0 Å². The van der Waals surface area contributed by atoms with Crippen LogP contribution in [-0.2, 0) is 14.3 Å². The van der Waals surface area contributed by atoms with E-state index in [1.165, 1.54) is 0 Å². The van der Waals surface area contributed by atoms with Crippen molar-refractivity contribution in [1.29, 1.82) is 0 Å². The molecule has 0 bridgehead atoms. The Hall–Kier alpha value is -0.610. The molecule has 4 nitrogen and oxygen atoms in total. The van der Waals surface area contributed by atoms with Crippen LogP contribution in [0.25, 0.3) is 0 Å². The first-order valence-corrected chi connectivity index (χ1v) is 5.29. The number of rotatable bonds is 2. The van der Waals surface area contributed by atoms with Crippen molar-refractivity contribution in [3.05, 3.63) is 0 Å². The molecule has 2 aliphatic rings. The minimum absolute atomic E-state index is 0.0108. The third-order valence-corrected chi connectivity index (χ3v) is 2.95. The molecule has 2 aliphatic heterocycles. The minimum Gasteiger partial charge on any atom is -0.457 e. The number of carbonyl (C=O) groups excluding carboxylic acids is 1. The van der Waals surface area contributed by atoms with E-state index in [0.29, 0.717) is 13.2 Å². The van der Waals surface area contributed by atoms with Gasteiger partial charge in [0.1, 0.15) is 6.10 Å². The van der Waals surface area contributed by atoms with Gasteiger partial charge in [0.2, 0.25) is 0 Å². The number of esters is 1. The molecule has 1 N–H and O–H groups in total. The van der Waals surface area contributed by atoms with Crippen molar-refractivity contribution < 1.29 is 14.3 Å². The summed E-state index contributed by atoms with van der Waals surface area (Å²) in [5, 5.41) is 3.29. The maximum absolute atomic E-state index is 11.7. The van der Waals surface area contributed by atoms with Crippen LogP contribution in [0.1, 0.15) is 19.8 Å². The van der Waals surface area contributed by atoms with Gasteiger partial charge in [-0.05, 0) is 26.3 Å². The SMILES string of the molecule is CC1NCCCC1C(=O)OC1COC1. The van der Waals surface area contributed by atoms with Crippen molar-refractivity contribution in [3.63, 3.8) is 0 Å². The third-order valence-electron chi connectivity index (χ3n) is 2.95. The highest BCUT2D eigenvalue weighted by molar-refractivity contribution is 5.73. The molecular weight excluding hydrogens is 182 g/mol. The van der Waals surface area contributed by atoms with Crippen LogP contribution in [0.4, 0.5) is 0 Å². The second-order valence-electron chi connectivity index (χ2n) is 4.09. The predicted molar refractivity (Wildman–Crippen MR) is 50.9 cm³/mol. The lowest BCUT2D eigenvalue weighted by molar-refractivity contribution is -0.178. The Balaban J connectivity index is 1.82. The highest BCUT2D eigenvalue weighted by Gasteiger charge is 2.32. The van der Waals surface area contributed by atoms with E-state index in [4.69, 9.17) is 9.47 Å². The Bertz CT molecular complexity index is 215. The van der Waals surface area contributed by atoms with E-state index >= 15 is 0 Å². The lowest BCUT2D eigenvalue weighted by atomic mass is 9.92. The molecule has 4 heteroatoms. The van der Waals surface area contributed by atoms with E-state index < -0.39 is 0 Å². The van der Waals surface area contributed by atoms with Crippen molar-refractivity contribution in [2.24, 2.45) is 5.92 Å². The lowest BCUT2D eigenvalue weighted by Gasteiger charge is -2.32. The molecule has 0 amide bonds. The summed E-state index contributed by atoms with van der Waals surface area (Å²) in [6.07, 6.45) is 2.02. The summed E-state index contributed by atoms with van der Waals surface area (Å²) < 4.78 is 10.2. The van der Waals surface area contributed by atoms with Crippen molar-refractivity contribution in [1.82, 2.24) is 5.32 Å². The Morgan fingerprint density at radius 1 is 1.50 bits per heavy atom. The van der Waals surface area contributed by atoms with Crippen molar-refractivity contribution in [2.45, 2.75) is 31.9 Å². The number of nitrogens with one attached hydrogen (secondary N) is 1. The highest BCUT2D eigenvalue weighted by atomic mass is 16.6. The quantitative estimate of drug-likeness (QED) is 0.650. The zero-order valence-corrected chi connectivity index (χ0v) is 8.49. The number of carbonyl (C=O) groups is 1. The number of hydrogen-bond acceptors (Lipinski definition) is 4. The number of ether oxygens (including phenoxy) is 2. The summed E-state index contributed by atoms with van der Waals surface area (Å²) in [7, 11) is 0. The Labute approximate surface area is 84.0 Å². The van der Waals surface area contributed by atoms with Crippen molar-refractivity contribution >= 4 is 5.97 Å². The molecule has 0 spiro atoms. The van der Waals surface area contributed by atoms with Gasteiger partial charge in [-0.2, -0.15) is 0 Å². The van der Waals surface area contributed by atoms with Gasteiger partial charge < -0.3 is 14.8 Å². The molecule has 2 heterocycles. The molecular formula is C10H17NO3. The molecule has 2 unspecified atom stereocenters. The smallest absolute Gasteiger partial charge is 0.310 e. The normalized spacial score (nSPS) is 33.5. The van der Waals surface area contributed by atoms with Gasteiger partial charge in [-0.1, -0.05) is 0 Å². The molecule has 2 atom stereocenters. The molecule has 0 aromatic rings.